The largest absolute Gasteiger partial charge is 0.380 e. The Morgan fingerprint density at radius 2 is 2.33 bits per heavy atom. The van der Waals surface area contributed by atoms with Crippen molar-refractivity contribution in [2.75, 3.05) is 31.3 Å². The molecule has 9 heavy (non-hydrogen) atoms. The zero-order chi connectivity index (χ0) is 6.53. The zero-order valence-corrected chi connectivity index (χ0v) is 6.32. The molecule has 0 saturated carbocycles. The van der Waals surface area contributed by atoms with Crippen LogP contribution in [0, 0.1) is 5.92 Å². The first-order valence-corrected chi connectivity index (χ1v) is 4.44. The van der Waals surface area contributed by atoms with Crippen molar-refractivity contribution in [2.24, 2.45) is 11.7 Å². The zero-order valence-electron chi connectivity index (χ0n) is 5.51. The molecule has 0 aromatic heterocycles. The summed E-state index contributed by atoms with van der Waals surface area (Å²) >= 11 is 1.99. The minimum Gasteiger partial charge on any atom is -0.380 e. The average molecular weight is 147 g/mol. The summed E-state index contributed by atoms with van der Waals surface area (Å²) in [5.41, 5.74) is 5.24. The topological polar surface area (TPSA) is 35.2 Å². The number of nitrogens with two attached hydrogens (primary N) is 1. The Labute approximate surface area is 60.1 Å². The van der Waals surface area contributed by atoms with Crippen LogP contribution in [-0.2, 0) is 4.74 Å². The molecule has 0 aromatic carbocycles. The highest BCUT2D eigenvalue weighted by Gasteiger charge is 2.17. The number of hydrogen-bond acceptors (Lipinski definition) is 3. The maximum absolute atomic E-state index is 5.25. The van der Waals surface area contributed by atoms with E-state index in [2.05, 4.69) is 0 Å². The quantitative estimate of drug-likeness (QED) is 0.582. The highest BCUT2D eigenvalue weighted by molar-refractivity contribution is 8.00. The van der Waals surface area contributed by atoms with E-state index in [0.29, 0.717) is 6.54 Å². The molecule has 1 saturated heterocycles. The normalized spacial score (nSPS) is 19.7. The van der Waals surface area contributed by atoms with E-state index in [0.717, 1.165) is 19.1 Å². The van der Waals surface area contributed by atoms with Crippen molar-refractivity contribution in [3.05, 3.63) is 0 Å². The Balaban J connectivity index is 1.80. The van der Waals surface area contributed by atoms with E-state index in [-0.39, 0.29) is 0 Å². The molecule has 2 N–H and O–H groups in total. The second kappa shape index (κ2) is 4.14. The summed E-state index contributed by atoms with van der Waals surface area (Å²) in [6, 6.07) is 0. The number of ether oxygens (including phenoxy) is 1. The summed E-state index contributed by atoms with van der Waals surface area (Å²) < 4.78 is 5.25. The highest BCUT2D eigenvalue weighted by Crippen LogP contribution is 2.24. The van der Waals surface area contributed by atoms with Gasteiger partial charge >= 0.3 is 0 Å². The summed E-state index contributed by atoms with van der Waals surface area (Å²) in [4.78, 5) is 0. The molecule has 0 radical (unpaired) electrons. The molecule has 0 amide bonds. The fourth-order valence-electron chi connectivity index (χ4n) is 0.714. The minimum atomic E-state index is 0.653. The van der Waals surface area contributed by atoms with E-state index >= 15 is 0 Å². The van der Waals surface area contributed by atoms with Crippen molar-refractivity contribution < 1.29 is 4.74 Å². The van der Waals surface area contributed by atoms with Gasteiger partial charge in [0.15, 0.2) is 0 Å². The Bertz CT molecular complexity index is 75.5. The predicted octanol–water partition coefficient (Wildman–Crippen LogP) is 0.325. The fraction of sp³-hybridized carbons (Fsp3) is 1.00. The van der Waals surface area contributed by atoms with Crippen LogP contribution in [0.2, 0.25) is 0 Å². The summed E-state index contributed by atoms with van der Waals surface area (Å²) in [6.45, 7) is 2.30. The van der Waals surface area contributed by atoms with Crippen LogP contribution in [0.4, 0.5) is 0 Å². The Kier molecular flexibility index (Phi) is 3.40. The lowest BCUT2D eigenvalue weighted by Gasteiger charge is -2.24. The summed E-state index contributed by atoms with van der Waals surface area (Å²) in [6.07, 6.45) is 0. The second-order valence-corrected chi connectivity index (χ2v) is 3.34. The first-order valence-electron chi connectivity index (χ1n) is 3.29. The van der Waals surface area contributed by atoms with E-state index in [9.17, 15) is 0 Å². The van der Waals surface area contributed by atoms with E-state index in [1.807, 2.05) is 11.8 Å². The van der Waals surface area contributed by atoms with Gasteiger partial charge in [-0.25, -0.2) is 0 Å². The first-order chi connectivity index (χ1) is 4.43. The SMILES string of the molecule is NCCOCC1CSC1. The Hall–Kier alpha value is 0.270. The fourth-order valence-corrected chi connectivity index (χ4v) is 1.48. The van der Waals surface area contributed by atoms with Crippen LogP contribution in [0.5, 0.6) is 0 Å². The molecule has 0 spiro atoms. The van der Waals surface area contributed by atoms with Gasteiger partial charge in [0.05, 0.1) is 13.2 Å². The summed E-state index contributed by atoms with van der Waals surface area (Å²) in [7, 11) is 0. The van der Waals surface area contributed by atoms with Crippen molar-refractivity contribution >= 4 is 11.8 Å². The number of rotatable bonds is 4. The molecule has 1 rings (SSSR count). The van der Waals surface area contributed by atoms with Crippen molar-refractivity contribution in [3.63, 3.8) is 0 Å². The van der Waals surface area contributed by atoms with Crippen LogP contribution in [0.15, 0.2) is 0 Å². The van der Waals surface area contributed by atoms with Crippen LogP contribution in [0.1, 0.15) is 0 Å². The molecule has 1 aliphatic heterocycles. The Morgan fingerprint density at radius 3 is 2.78 bits per heavy atom. The lowest BCUT2D eigenvalue weighted by Crippen LogP contribution is -2.24. The van der Waals surface area contributed by atoms with Gasteiger partial charge in [0.25, 0.3) is 0 Å². The van der Waals surface area contributed by atoms with Crippen LogP contribution in [0.3, 0.4) is 0 Å². The van der Waals surface area contributed by atoms with Crippen LogP contribution >= 0.6 is 11.8 Å². The third kappa shape index (κ3) is 2.56. The van der Waals surface area contributed by atoms with Gasteiger partial charge in [-0.15, -0.1) is 0 Å². The maximum atomic E-state index is 5.25. The predicted molar refractivity (Wildman–Crippen MR) is 40.7 cm³/mol. The molecule has 0 bridgehead atoms. The van der Waals surface area contributed by atoms with Gasteiger partial charge in [-0.05, 0) is 11.5 Å². The lowest BCUT2D eigenvalue weighted by molar-refractivity contribution is 0.116. The smallest absolute Gasteiger partial charge is 0.0588 e. The number of hydrogen-bond donors (Lipinski definition) is 1. The van der Waals surface area contributed by atoms with Gasteiger partial charge in [-0.1, -0.05) is 0 Å². The van der Waals surface area contributed by atoms with Crippen molar-refractivity contribution in [1.29, 1.82) is 0 Å². The van der Waals surface area contributed by atoms with E-state index < -0.39 is 0 Å². The molecular formula is C6H13NOS. The van der Waals surface area contributed by atoms with Gasteiger partial charge in [-0.2, -0.15) is 11.8 Å². The second-order valence-electron chi connectivity index (χ2n) is 2.27. The minimum absolute atomic E-state index is 0.653. The summed E-state index contributed by atoms with van der Waals surface area (Å²) in [5.74, 6) is 3.39. The molecule has 2 nitrogen and oxygen atoms in total. The van der Waals surface area contributed by atoms with Crippen LogP contribution in [0.25, 0.3) is 0 Å². The third-order valence-electron chi connectivity index (χ3n) is 1.32. The Morgan fingerprint density at radius 1 is 1.56 bits per heavy atom. The van der Waals surface area contributed by atoms with Crippen molar-refractivity contribution in [1.82, 2.24) is 0 Å². The first kappa shape index (κ1) is 7.38. The molecule has 1 fully saturated rings. The van der Waals surface area contributed by atoms with Crippen LogP contribution < -0.4 is 5.73 Å². The van der Waals surface area contributed by atoms with Crippen LogP contribution in [-0.4, -0.2) is 31.3 Å². The molecule has 0 unspecified atom stereocenters. The third-order valence-corrected chi connectivity index (χ3v) is 2.74. The van der Waals surface area contributed by atoms with E-state index in [1.54, 1.807) is 0 Å². The van der Waals surface area contributed by atoms with E-state index in [1.165, 1.54) is 11.5 Å². The average Bonchev–Trinajstić information content (AvgIpc) is 1.76. The maximum Gasteiger partial charge on any atom is 0.0588 e. The number of thioether (sulfide) groups is 1. The molecule has 0 atom stereocenters. The monoisotopic (exact) mass is 147 g/mol. The van der Waals surface area contributed by atoms with Gasteiger partial charge < -0.3 is 10.5 Å². The molecule has 0 aromatic rings. The molecular weight excluding hydrogens is 134 g/mol. The molecule has 54 valence electrons. The van der Waals surface area contributed by atoms with Gasteiger partial charge in [0.2, 0.25) is 0 Å². The van der Waals surface area contributed by atoms with Crippen molar-refractivity contribution in [3.8, 4) is 0 Å². The molecule has 3 heteroatoms. The lowest BCUT2D eigenvalue weighted by atomic mass is 10.2. The molecule has 0 aliphatic carbocycles. The molecule has 1 heterocycles. The summed E-state index contributed by atoms with van der Waals surface area (Å²) in [5, 5.41) is 0. The highest BCUT2D eigenvalue weighted by atomic mass is 32.2. The van der Waals surface area contributed by atoms with Gasteiger partial charge in [0, 0.05) is 12.5 Å². The van der Waals surface area contributed by atoms with Gasteiger partial charge in [0.1, 0.15) is 0 Å². The molecule has 1 aliphatic rings. The van der Waals surface area contributed by atoms with Crippen molar-refractivity contribution in [2.45, 2.75) is 0 Å². The standard InChI is InChI=1S/C6H13NOS/c7-1-2-8-3-6-4-9-5-6/h6H,1-5,7H2. The van der Waals surface area contributed by atoms with E-state index in [4.69, 9.17) is 10.5 Å². The van der Waals surface area contributed by atoms with Gasteiger partial charge in [-0.3, -0.25) is 0 Å².